The van der Waals surface area contributed by atoms with Crippen LogP contribution in [0.2, 0.25) is 5.02 Å². The molecule has 5 rings (SSSR count). The summed E-state index contributed by atoms with van der Waals surface area (Å²) >= 11 is 12.0. The van der Waals surface area contributed by atoms with Gasteiger partial charge >= 0.3 is 0 Å². The Hall–Kier alpha value is -3.55. The summed E-state index contributed by atoms with van der Waals surface area (Å²) in [6.07, 6.45) is 1.76. The average molecular weight is 491 g/mol. The first-order valence-corrected chi connectivity index (χ1v) is 11.6. The zero-order valence-corrected chi connectivity index (χ0v) is 20.2. The number of pyridine rings is 1. The monoisotopic (exact) mass is 490 g/mol. The zero-order chi connectivity index (χ0) is 24.0. The number of hydrogen-bond donors (Lipinski definition) is 3. The lowest BCUT2D eigenvalue weighted by Crippen LogP contribution is -2.29. The van der Waals surface area contributed by atoms with E-state index in [0.717, 1.165) is 22.6 Å². The van der Waals surface area contributed by atoms with Gasteiger partial charge in [0.1, 0.15) is 11.5 Å². The molecule has 2 atom stereocenters. The van der Waals surface area contributed by atoms with E-state index in [1.54, 1.807) is 36.5 Å². The van der Waals surface area contributed by atoms with Crippen molar-refractivity contribution in [1.82, 2.24) is 14.9 Å². The van der Waals surface area contributed by atoms with Gasteiger partial charge in [0.25, 0.3) is 0 Å². The molecule has 0 bridgehead atoms. The second-order valence-corrected chi connectivity index (χ2v) is 9.10. The number of para-hydroxylation sites is 2. The Morgan fingerprint density at radius 3 is 2.41 bits per heavy atom. The molecule has 34 heavy (non-hydrogen) atoms. The largest absolute Gasteiger partial charge is 0.506 e. The number of aryl methyl sites for hydroxylation is 1. The molecule has 1 fully saturated rings. The fourth-order valence-corrected chi connectivity index (χ4v) is 5.24. The van der Waals surface area contributed by atoms with Crippen molar-refractivity contribution in [1.29, 1.82) is 0 Å². The Balaban J connectivity index is 1.72. The van der Waals surface area contributed by atoms with E-state index in [1.807, 2.05) is 53.6 Å². The van der Waals surface area contributed by atoms with Gasteiger partial charge in [-0.25, -0.2) is 0 Å². The van der Waals surface area contributed by atoms with Crippen LogP contribution < -0.4 is 10.2 Å². The molecule has 0 spiro atoms. The molecule has 0 saturated carbocycles. The Morgan fingerprint density at radius 2 is 1.68 bits per heavy atom. The summed E-state index contributed by atoms with van der Waals surface area (Å²) in [5, 5.41) is 25.7. The van der Waals surface area contributed by atoms with Gasteiger partial charge in [-0.05, 0) is 80.2 Å². The highest BCUT2D eigenvalue weighted by Crippen LogP contribution is 2.46. The summed E-state index contributed by atoms with van der Waals surface area (Å²) in [4.78, 5) is 6.53. The van der Waals surface area contributed by atoms with Crippen molar-refractivity contribution in [2.24, 2.45) is 0 Å². The van der Waals surface area contributed by atoms with Crippen LogP contribution in [0.25, 0.3) is 5.69 Å². The summed E-state index contributed by atoms with van der Waals surface area (Å²) < 4.78 is 1.98. The molecule has 3 N–H and O–H groups in total. The molecule has 0 unspecified atom stereocenters. The van der Waals surface area contributed by atoms with Crippen LogP contribution in [0.4, 0.5) is 5.69 Å². The average Bonchev–Trinajstić information content (AvgIpc) is 3.31. The Labute approximate surface area is 208 Å². The molecule has 0 radical (unpaired) electrons. The molecule has 1 aliphatic heterocycles. The van der Waals surface area contributed by atoms with Gasteiger partial charge in [-0.3, -0.25) is 4.98 Å². The summed E-state index contributed by atoms with van der Waals surface area (Å²) in [7, 11) is 0. The Morgan fingerprint density at radius 1 is 0.941 bits per heavy atom. The van der Waals surface area contributed by atoms with Gasteiger partial charge in [0.2, 0.25) is 0 Å². The first-order chi connectivity index (χ1) is 16.4. The third-order valence-electron chi connectivity index (χ3n) is 6.21. The topological polar surface area (TPSA) is 73.5 Å². The maximum absolute atomic E-state index is 10.7. The van der Waals surface area contributed by atoms with Gasteiger partial charge in [0, 0.05) is 22.6 Å². The predicted molar refractivity (Wildman–Crippen MR) is 138 cm³/mol. The number of nitrogens with one attached hydrogen (secondary N) is 1. The van der Waals surface area contributed by atoms with Crippen LogP contribution in [0.3, 0.4) is 0 Å². The van der Waals surface area contributed by atoms with Crippen LogP contribution in [-0.2, 0) is 0 Å². The number of halogens is 1. The van der Waals surface area contributed by atoms with Crippen molar-refractivity contribution in [3.63, 3.8) is 0 Å². The van der Waals surface area contributed by atoms with E-state index in [0.29, 0.717) is 21.5 Å². The number of anilines is 1. The lowest BCUT2D eigenvalue weighted by atomic mass is 9.96. The van der Waals surface area contributed by atoms with Gasteiger partial charge in [-0.15, -0.1) is 0 Å². The number of phenols is 2. The van der Waals surface area contributed by atoms with E-state index in [9.17, 15) is 10.2 Å². The lowest BCUT2D eigenvalue weighted by Gasteiger charge is -2.28. The van der Waals surface area contributed by atoms with E-state index in [2.05, 4.69) is 16.4 Å². The molecule has 8 heteroatoms. The number of thiocarbonyl (C=S) groups is 1. The molecule has 4 aromatic rings. The quantitative estimate of drug-likeness (QED) is 0.317. The van der Waals surface area contributed by atoms with E-state index < -0.39 is 0 Å². The highest BCUT2D eigenvalue weighted by atomic mass is 35.5. The molecule has 1 aliphatic rings. The smallest absolute Gasteiger partial charge is 0.174 e. The fourth-order valence-electron chi connectivity index (χ4n) is 4.73. The Kier molecular flexibility index (Phi) is 5.67. The highest BCUT2D eigenvalue weighted by molar-refractivity contribution is 7.80. The number of phenolic OH excluding ortho intramolecular Hbond substituents is 2. The summed E-state index contributed by atoms with van der Waals surface area (Å²) in [6.45, 7) is 3.99. The van der Waals surface area contributed by atoms with Crippen molar-refractivity contribution >= 4 is 34.6 Å². The first kappa shape index (κ1) is 22.3. The number of benzene rings is 2. The Bertz CT molecular complexity index is 1390. The second-order valence-electron chi connectivity index (χ2n) is 8.28. The van der Waals surface area contributed by atoms with Gasteiger partial charge < -0.3 is 25.0 Å². The number of aromatic nitrogens is 2. The molecular formula is C26H23ClN4O2S. The van der Waals surface area contributed by atoms with Crippen LogP contribution in [0, 0.1) is 13.8 Å². The zero-order valence-electron chi connectivity index (χ0n) is 18.6. The minimum atomic E-state index is -0.294. The molecule has 172 valence electrons. The normalized spacial score (nSPS) is 17.7. The molecule has 3 heterocycles. The number of nitrogens with zero attached hydrogens (tertiary/aromatic N) is 3. The molecular weight excluding hydrogens is 468 g/mol. The van der Waals surface area contributed by atoms with Crippen LogP contribution in [0.5, 0.6) is 11.5 Å². The maximum atomic E-state index is 10.7. The van der Waals surface area contributed by atoms with Crippen LogP contribution in [0.15, 0.2) is 72.9 Å². The van der Waals surface area contributed by atoms with Gasteiger partial charge in [0.05, 0.1) is 29.2 Å². The number of rotatable bonds is 4. The molecule has 6 nitrogen and oxygen atoms in total. The third kappa shape index (κ3) is 3.67. The molecule has 0 aliphatic carbocycles. The van der Waals surface area contributed by atoms with Gasteiger partial charge in [-0.2, -0.15) is 0 Å². The molecule has 2 aromatic carbocycles. The van der Waals surface area contributed by atoms with Gasteiger partial charge in [0.15, 0.2) is 5.11 Å². The maximum Gasteiger partial charge on any atom is 0.174 e. The molecule has 1 saturated heterocycles. The van der Waals surface area contributed by atoms with Crippen molar-refractivity contribution in [2.75, 3.05) is 4.90 Å². The van der Waals surface area contributed by atoms with E-state index in [4.69, 9.17) is 23.8 Å². The first-order valence-electron chi connectivity index (χ1n) is 10.8. The third-order valence-corrected chi connectivity index (χ3v) is 6.76. The standard InChI is InChI=1S/C26H23ClN4O2S/c1-15-13-18(16(2)30(15)21-14-17(27)10-11-23(21)33)25-24(19-7-5-6-12-28-19)29-26(34)31(25)20-8-3-4-9-22(20)32/h3-14,24-25,32-33H,1-2H3,(H,29,34)/t24-,25+/m0/s1. The molecule has 0 amide bonds. The van der Waals surface area contributed by atoms with Crippen LogP contribution >= 0.6 is 23.8 Å². The van der Waals surface area contributed by atoms with Crippen LogP contribution in [-0.4, -0.2) is 24.9 Å². The van der Waals surface area contributed by atoms with Crippen molar-refractivity contribution < 1.29 is 10.2 Å². The van der Waals surface area contributed by atoms with Crippen molar-refractivity contribution in [3.8, 4) is 17.2 Å². The minimum absolute atomic E-state index is 0.136. The van der Waals surface area contributed by atoms with Gasteiger partial charge in [-0.1, -0.05) is 29.8 Å². The second kappa shape index (κ2) is 8.66. The predicted octanol–water partition coefficient (Wildman–Crippen LogP) is 5.73. The van der Waals surface area contributed by atoms with E-state index in [1.165, 1.54) is 0 Å². The molecule has 2 aromatic heterocycles. The highest BCUT2D eigenvalue weighted by Gasteiger charge is 2.43. The van der Waals surface area contributed by atoms with Crippen LogP contribution in [0.1, 0.15) is 34.7 Å². The van der Waals surface area contributed by atoms with Crippen molar-refractivity contribution in [2.45, 2.75) is 25.9 Å². The number of hydrogen-bond acceptors (Lipinski definition) is 4. The fraction of sp³-hybridized carbons (Fsp3) is 0.154. The summed E-state index contributed by atoms with van der Waals surface area (Å²) in [5.41, 5.74) is 4.89. The van der Waals surface area contributed by atoms with E-state index in [-0.39, 0.29) is 23.6 Å². The van der Waals surface area contributed by atoms with Crippen molar-refractivity contribution in [3.05, 3.63) is 101 Å². The minimum Gasteiger partial charge on any atom is -0.506 e. The summed E-state index contributed by atoms with van der Waals surface area (Å²) in [5.74, 6) is 0.274. The summed E-state index contributed by atoms with van der Waals surface area (Å²) in [6, 6.07) is 19.5. The SMILES string of the molecule is Cc1cc([C@@H]2[C@H](c3ccccn3)NC(=S)N2c2ccccc2O)c(C)n1-c1cc(Cl)ccc1O. The lowest BCUT2D eigenvalue weighted by molar-refractivity contribution is 0.471. The van der Waals surface area contributed by atoms with E-state index >= 15 is 0 Å². The number of aromatic hydroxyl groups is 2.